The highest BCUT2D eigenvalue weighted by Gasteiger charge is 2.17. The van der Waals surface area contributed by atoms with E-state index in [1.54, 1.807) is 0 Å². The number of amides is 1. The molecule has 0 saturated heterocycles. The lowest BCUT2D eigenvalue weighted by Crippen LogP contribution is -2.20. The molecule has 1 radical (unpaired) electrons. The number of pyridine rings is 1. The van der Waals surface area contributed by atoms with Crippen molar-refractivity contribution in [3.63, 3.8) is 0 Å². The van der Waals surface area contributed by atoms with E-state index in [0.717, 1.165) is 16.9 Å². The molecule has 0 bridgehead atoms. The largest absolute Gasteiger partial charge is 0.362 e. The van der Waals surface area contributed by atoms with Crippen molar-refractivity contribution in [3.8, 4) is 0 Å². The molecular weight excluding hydrogens is 286 g/mol. The van der Waals surface area contributed by atoms with Crippen LogP contribution in [0.2, 0.25) is 0 Å². The Hall–Kier alpha value is -2.36. The van der Waals surface area contributed by atoms with E-state index in [1.807, 2.05) is 56.3 Å². The Kier molecular flexibility index (Phi) is 4.73. The fourth-order valence-electron chi connectivity index (χ4n) is 2.24. The molecule has 121 valence electrons. The fraction of sp³-hybridized carbons (Fsp3) is 0.368. The molecule has 4 nitrogen and oxygen atoms in total. The third kappa shape index (κ3) is 4.09. The Morgan fingerprint density at radius 2 is 1.91 bits per heavy atom. The quantitative estimate of drug-likeness (QED) is 0.937. The Morgan fingerprint density at radius 1 is 1.22 bits per heavy atom. The number of benzene rings is 1. The first kappa shape index (κ1) is 17.0. The number of carbonyl (C=O) groups is 1. The minimum absolute atomic E-state index is 0.0129. The topological polar surface area (TPSA) is 45.2 Å². The number of anilines is 2. The number of aromatic nitrogens is 1. The van der Waals surface area contributed by atoms with Crippen LogP contribution in [0.15, 0.2) is 30.3 Å². The van der Waals surface area contributed by atoms with Gasteiger partial charge in [0.05, 0.1) is 5.56 Å². The Labute approximate surface area is 138 Å². The Bertz CT molecular complexity index is 715. The zero-order chi connectivity index (χ0) is 17.2. The Balaban J connectivity index is 2.30. The molecule has 0 aliphatic carbocycles. The molecule has 2 rings (SSSR count). The first-order valence-electron chi connectivity index (χ1n) is 7.67. The van der Waals surface area contributed by atoms with Gasteiger partial charge in [0, 0.05) is 25.5 Å². The summed E-state index contributed by atoms with van der Waals surface area (Å²) in [6.07, 6.45) is 0. The van der Waals surface area contributed by atoms with Crippen molar-refractivity contribution in [2.75, 3.05) is 24.3 Å². The van der Waals surface area contributed by atoms with E-state index in [9.17, 15) is 4.79 Å². The Morgan fingerprint density at radius 3 is 2.52 bits per heavy atom. The first-order valence-corrected chi connectivity index (χ1v) is 7.67. The van der Waals surface area contributed by atoms with Gasteiger partial charge in [-0.1, -0.05) is 26.8 Å². The van der Waals surface area contributed by atoms with Crippen molar-refractivity contribution < 1.29 is 4.79 Å². The highest BCUT2D eigenvalue weighted by molar-refractivity contribution is 6.07. The maximum absolute atomic E-state index is 12.6. The van der Waals surface area contributed by atoms with Crippen LogP contribution in [-0.2, 0) is 5.41 Å². The van der Waals surface area contributed by atoms with E-state index >= 15 is 0 Å². The zero-order valence-electron chi connectivity index (χ0n) is 14.7. The van der Waals surface area contributed by atoms with E-state index in [4.69, 9.17) is 0 Å². The van der Waals surface area contributed by atoms with Crippen LogP contribution in [0.25, 0.3) is 0 Å². The normalized spacial score (nSPS) is 11.2. The number of hydrogen-bond acceptors (Lipinski definition) is 3. The van der Waals surface area contributed by atoms with E-state index in [1.165, 1.54) is 0 Å². The molecule has 1 heterocycles. The molecule has 0 spiro atoms. The van der Waals surface area contributed by atoms with Gasteiger partial charge in [0.25, 0.3) is 5.91 Å². The third-order valence-corrected chi connectivity index (χ3v) is 3.55. The van der Waals surface area contributed by atoms with Crippen LogP contribution in [0.4, 0.5) is 11.5 Å². The molecule has 1 aromatic heterocycles. The summed E-state index contributed by atoms with van der Waals surface area (Å²) in [7, 11) is 3.77. The van der Waals surface area contributed by atoms with Gasteiger partial charge in [0.1, 0.15) is 5.82 Å². The minimum Gasteiger partial charge on any atom is -0.362 e. The van der Waals surface area contributed by atoms with Crippen LogP contribution >= 0.6 is 0 Å². The molecule has 23 heavy (non-hydrogen) atoms. The lowest BCUT2D eigenvalue weighted by molar-refractivity contribution is 0.102. The lowest BCUT2D eigenvalue weighted by Gasteiger charge is -2.20. The van der Waals surface area contributed by atoms with Gasteiger partial charge in [-0.15, -0.1) is 0 Å². The number of hydrogen-bond donors (Lipinski definition) is 1. The predicted molar refractivity (Wildman–Crippen MR) is 95.2 cm³/mol. The molecule has 0 atom stereocenters. The molecule has 0 aliphatic rings. The maximum Gasteiger partial charge on any atom is 0.259 e. The minimum atomic E-state index is -0.160. The second-order valence-electron chi connectivity index (χ2n) is 6.91. The monoisotopic (exact) mass is 310 g/mol. The summed E-state index contributed by atoms with van der Waals surface area (Å²) < 4.78 is 0. The lowest BCUT2D eigenvalue weighted by atomic mass is 9.87. The maximum atomic E-state index is 12.6. The SMILES string of the molecule is Cc1ccc(C(=O)Nc2cc[c]c(C(C)(C)C)c2)c(N(C)C)n1. The van der Waals surface area contributed by atoms with Gasteiger partial charge in [-0.3, -0.25) is 4.79 Å². The van der Waals surface area contributed by atoms with Crippen molar-refractivity contribution in [2.45, 2.75) is 33.1 Å². The summed E-state index contributed by atoms with van der Waals surface area (Å²) in [5.74, 6) is 0.508. The summed E-state index contributed by atoms with van der Waals surface area (Å²) in [5, 5.41) is 2.96. The molecule has 1 aromatic carbocycles. The summed E-state index contributed by atoms with van der Waals surface area (Å²) in [6.45, 7) is 8.28. The van der Waals surface area contributed by atoms with E-state index < -0.39 is 0 Å². The van der Waals surface area contributed by atoms with Gasteiger partial charge in [0.2, 0.25) is 0 Å². The third-order valence-electron chi connectivity index (χ3n) is 3.55. The van der Waals surface area contributed by atoms with Crippen molar-refractivity contribution in [1.82, 2.24) is 4.98 Å². The second-order valence-corrected chi connectivity index (χ2v) is 6.91. The smallest absolute Gasteiger partial charge is 0.259 e. The van der Waals surface area contributed by atoms with Gasteiger partial charge >= 0.3 is 0 Å². The van der Waals surface area contributed by atoms with Crippen LogP contribution in [0.1, 0.15) is 42.4 Å². The van der Waals surface area contributed by atoms with E-state index in [2.05, 4.69) is 37.1 Å². The molecule has 0 fully saturated rings. The fourth-order valence-corrected chi connectivity index (χ4v) is 2.24. The predicted octanol–water partition coefficient (Wildman–Crippen LogP) is 3.81. The molecular formula is C19H24N3O. The number of nitrogens with one attached hydrogen (secondary N) is 1. The molecule has 0 unspecified atom stereocenters. The van der Waals surface area contributed by atoms with E-state index in [-0.39, 0.29) is 11.3 Å². The molecule has 1 amide bonds. The first-order chi connectivity index (χ1) is 10.7. The molecule has 0 aliphatic heterocycles. The number of carbonyl (C=O) groups excluding carboxylic acids is 1. The standard InChI is InChI=1S/C19H24N3O/c1-13-10-11-16(17(20-13)22(5)6)18(23)21-15-9-7-8-14(12-15)19(2,3)4/h7,9-12H,1-6H3,(H,21,23). The van der Waals surface area contributed by atoms with Gasteiger partial charge in [-0.2, -0.15) is 0 Å². The van der Waals surface area contributed by atoms with Crippen LogP contribution in [-0.4, -0.2) is 25.0 Å². The van der Waals surface area contributed by atoms with Crippen molar-refractivity contribution in [1.29, 1.82) is 0 Å². The number of nitrogens with zero attached hydrogens (tertiary/aromatic N) is 2. The van der Waals surface area contributed by atoms with Crippen LogP contribution in [0.5, 0.6) is 0 Å². The van der Waals surface area contributed by atoms with Crippen LogP contribution < -0.4 is 10.2 Å². The molecule has 4 heteroatoms. The van der Waals surface area contributed by atoms with Gasteiger partial charge in [-0.05, 0) is 48.2 Å². The zero-order valence-corrected chi connectivity index (χ0v) is 14.7. The number of rotatable bonds is 3. The van der Waals surface area contributed by atoms with Crippen LogP contribution in [0, 0.1) is 13.0 Å². The second kappa shape index (κ2) is 6.41. The summed E-state index contributed by atoms with van der Waals surface area (Å²) in [4.78, 5) is 18.9. The molecule has 1 N–H and O–H groups in total. The average Bonchev–Trinajstić information content (AvgIpc) is 2.46. The van der Waals surface area contributed by atoms with Gasteiger partial charge < -0.3 is 10.2 Å². The summed E-state index contributed by atoms with van der Waals surface area (Å²) >= 11 is 0. The van der Waals surface area contributed by atoms with Gasteiger partial charge in [-0.25, -0.2) is 4.98 Å². The van der Waals surface area contributed by atoms with Crippen LogP contribution in [0.3, 0.4) is 0 Å². The summed E-state index contributed by atoms with van der Waals surface area (Å²) in [6, 6.07) is 12.5. The van der Waals surface area contributed by atoms with Crippen molar-refractivity contribution >= 4 is 17.4 Å². The highest BCUT2D eigenvalue weighted by Crippen LogP contribution is 2.25. The van der Waals surface area contributed by atoms with Crippen molar-refractivity contribution in [3.05, 3.63) is 53.2 Å². The number of aryl methyl sites for hydroxylation is 1. The van der Waals surface area contributed by atoms with Gasteiger partial charge in [0.15, 0.2) is 0 Å². The summed E-state index contributed by atoms with van der Waals surface area (Å²) in [5.41, 5.74) is 3.26. The van der Waals surface area contributed by atoms with Crippen molar-refractivity contribution in [2.24, 2.45) is 0 Å². The molecule has 0 saturated carbocycles. The highest BCUT2D eigenvalue weighted by atomic mass is 16.1. The average molecular weight is 310 g/mol. The van der Waals surface area contributed by atoms with E-state index in [0.29, 0.717) is 11.4 Å². The molecule has 2 aromatic rings.